The summed E-state index contributed by atoms with van der Waals surface area (Å²) in [4.78, 5) is 13.7. The van der Waals surface area contributed by atoms with Gasteiger partial charge < -0.3 is 5.32 Å². The third kappa shape index (κ3) is 4.56. The van der Waals surface area contributed by atoms with E-state index in [1.165, 1.54) is 0 Å². The molecule has 1 fully saturated rings. The molecule has 1 unspecified atom stereocenters. The van der Waals surface area contributed by atoms with Crippen LogP contribution in [-0.2, 0) is 14.6 Å². The van der Waals surface area contributed by atoms with Gasteiger partial charge in [0.1, 0.15) is 6.54 Å². The summed E-state index contributed by atoms with van der Waals surface area (Å²) in [6.45, 7) is 1.66. The molecule has 0 spiro atoms. The molecule has 7 heteroatoms. The van der Waals surface area contributed by atoms with E-state index in [4.69, 9.17) is 5.26 Å². The molecule has 0 aromatic heterocycles. The third-order valence-corrected chi connectivity index (χ3v) is 7.98. The Morgan fingerprint density at radius 1 is 1.32 bits per heavy atom. The zero-order valence-corrected chi connectivity index (χ0v) is 16.2. The van der Waals surface area contributed by atoms with Gasteiger partial charge >= 0.3 is 0 Å². The van der Waals surface area contributed by atoms with Crippen molar-refractivity contribution in [1.29, 1.82) is 5.26 Å². The number of sulfone groups is 1. The van der Waals surface area contributed by atoms with Gasteiger partial charge in [-0.2, -0.15) is 5.26 Å². The van der Waals surface area contributed by atoms with Crippen LogP contribution >= 0.6 is 11.8 Å². The summed E-state index contributed by atoms with van der Waals surface area (Å²) in [7, 11) is -3.50. The van der Waals surface area contributed by atoms with Gasteiger partial charge in [-0.15, -0.1) is 11.8 Å². The van der Waals surface area contributed by atoms with Gasteiger partial charge in [-0.3, -0.25) is 4.79 Å². The molecule has 5 nitrogen and oxygen atoms in total. The molecule has 2 rings (SSSR count). The minimum atomic E-state index is -3.50. The molecule has 1 aliphatic carbocycles. The van der Waals surface area contributed by atoms with E-state index >= 15 is 0 Å². The standard InChI is InChI=1S/C18H24N2O3S2/c1-13(25(22,23)15-9-7-14(24-2)8-10-15)16-5-3-4-6-17(16)18(21)20-12-11-19/h7-10,13,16-17H,3-6,12H2,1-2H3,(H,20,21)/t13?,16-,17+/m1/s1. The maximum absolute atomic E-state index is 13.0. The molecule has 136 valence electrons. The maximum Gasteiger partial charge on any atom is 0.224 e. The molecule has 0 aliphatic heterocycles. The second-order valence-corrected chi connectivity index (χ2v) is 9.54. The van der Waals surface area contributed by atoms with Crippen LogP contribution in [0.5, 0.6) is 0 Å². The van der Waals surface area contributed by atoms with Crippen LogP contribution in [-0.4, -0.2) is 32.4 Å². The molecular formula is C18H24N2O3S2. The third-order valence-electron chi connectivity index (χ3n) is 4.98. The van der Waals surface area contributed by atoms with Gasteiger partial charge in [-0.1, -0.05) is 12.8 Å². The summed E-state index contributed by atoms with van der Waals surface area (Å²) >= 11 is 1.56. The fraction of sp³-hybridized carbons (Fsp3) is 0.556. The molecule has 1 saturated carbocycles. The first-order valence-electron chi connectivity index (χ1n) is 8.44. The second-order valence-electron chi connectivity index (χ2n) is 6.36. The molecule has 1 aliphatic rings. The zero-order valence-electron chi connectivity index (χ0n) is 14.6. The Morgan fingerprint density at radius 2 is 1.96 bits per heavy atom. The van der Waals surface area contributed by atoms with Crippen molar-refractivity contribution in [3.05, 3.63) is 24.3 Å². The Balaban J connectivity index is 2.23. The van der Waals surface area contributed by atoms with Crippen LogP contribution in [0.4, 0.5) is 0 Å². The number of amides is 1. The molecule has 1 aromatic rings. The SMILES string of the molecule is CSc1ccc(S(=O)(=O)C(C)[C@H]2CCCC[C@@H]2C(=O)NCC#N)cc1. The second kappa shape index (κ2) is 8.72. The Bertz CT molecular complexity index is 739. The van der Waals surface area contributed by atoms with E-state index in [-0.39, 0.29) is 24.3 Å². The van der Waals surface area contributed by atoms with Gasteiger partial charge in [-0.25, -0.2) is 8.42 Å². The number of thioether (sulfide) groups is 1. The summed E-state index contributed by atoms with van der Waals surface area (Å²) in [5, 5.41) is 10.6. The molecular weight excluding hydrogens is 356 g/mol. The molecule has 0 radical (unpaired) electrons. The molecule has 3 atom stereocenters. The zero-order chi connectivity index (χ0) is 18.4. The fourth-order valence-corrected chi connectivity index (χ4v) is 5.65. The highest BCUT2D eigenvalue weighted by atomic mass is 32.2. The number of nitriles is 1. The van der Waals surface area contributed by atoms with Gasteiger partial charge in [-0.05, 0) is 56.2 Å². The number of nitrogens with zero attached hydrogens (tertiary/aromatic N) is 1. The number of carbonyl (C=O) groups excluding carboxylic acids is 1. The lowest BCUT2D eigenvalue weighted by Crippen LogP contribution is -2.42. The number of benzene rings is 1. The van der Waals surface area contributed by atoms with Gasteiger partial charge in [0, 0.05) is 10.8 Å². The minimum Gasteiger partial charge on any atom is -0.343 e. The molecule has 25 heavy (non-hydrogen) atoms. The normalized spacial score (nSPS) is 22.0. The number of carbonyl (C=O) groups is 1. The van der Waals surface area contributed by atoms with Crippen molar-refractivity contribution in [2.45, 2.75) is 47.6 Å². The van der Waals surface area contributed by atoms with E-state index in [0.717, 1.165) is 17.7 Å². The van der Waals surface area contributed by atoms with Crippen molar-refractivity contribution in [1.82, 2.24) is 5.32 Å². The lowest BCUT2D eigenvalue weighted by Gasteiger charge is -2.34. The minimum absolute atomic E-state index is 0.0423. The smallest absolute Gasteiger partial charge is 0.224 e. The van der Waals surface area contributed by atoms with Gasteiger partial charge in [0.15, 0.2) is 9.84 Å². The molecule has 1 aromatic carbocycles. The topological polar surface area (TPSA) is 87.0 Å². The summed E-state index contributed by atoms with van der Waals surface area (Å²) in [6, 6.07) is 8.80. The van der Waals surface area contributed by atoms with Crippen LogP contribution < -0.4 is 5.32 Å². The highest BCUT2D eigenvalue weighted by Gasteiger charge is 2.40. The van der Waals surface area contributed by atoms with E-state index in [1.807, 2.05) is 24.5 Å². The average Bonchev–Trinajstić information content (AvgIpc) is 2.65. The van der Waals surface area contributed by atoms with Crippen molar-refractivity contribution in [3.63, 3.8) is 0 Å². The van der Waals surface area contributed by atoms with E-state index in [9.17, 15) is 13.2 Å². The number of nitrogens with one attached hydrogen (secondary N) is 1. The Morgan fingerprint density at radius 3 is 2.56 bits per heavy atom. The average molecular weight is 381 g/mol. The van der Waals surface area contributed by atoms with E-state index in [1.54, 1.807) is 30.8 Å². The summed E-state index contributed by atoms with van der Waals surface area (Å²) in [5.74, 6) is -0.777. The van der Waals surface area contributed by atoms with E-state index < -0.39 is 15.1 Å². The first-order chi connectivity index (χ1) is 11.9. The molecule has 0 bridgehead atoms. The van der Waals surface area contributed by atoms with Crippen LogP contribution in [0.3, 0.4) is 0 Å². The van der Waals surface area contributed by atoms with Crippen molar-refractivity contribution in [2.75, 3.05) is 12.8 Å². The number of rotatable bonds is 6. The predicted octanol–water partition coefficient (Wildman–Crippen LogP) is 3.02. The quantitative estimate of drug-likeness (QED) is 0.605. The summed E-state index contributed by atoms with van der Waals surface area (Å²) in [6.07, 6.45) is 5.17. The van der Waals surface area contributed by atoms with Crippen LogP contribution in [0.25, 0.3) is 0 Å². The van der Waals surface area contributed by atoms with Gasteiger partial charge in [0.05, 0.1) is 16.2 Å². The van der Waals surface area contributed by atoms with E-state index in [0.29, 0.717) is 17.7 Å². The Labute approximate surface area is 154 Å². The van der Waals surface area contributed by atoms with Crippen LogP contribution in [0.2, 0.25) is 0 Å². The first kappa shape index (κ1) is 19.8. The lowest BCUT2D eigenvalue weighted by atomic mass is 9.77. The monoisotopic (exact) mass is 380 g/mol. The van der Waals surface area contributed by atoms with Crippen LogP contribution in [0.15, 0.2) is 34.1 Å². The Kier molecular flexibility index (Phi) is 6.91. The molecule has 0 heterocycles. The predicted molar refractivity (Wildman–Crippen MR) is 98.9 cm³/mol. The fourth-order valence-electron chi connectivity index (χ4n) is 3.51. The highest BCUT2D eigenvalue weighted by Crippen LogP contribution is 2.37. The lowest BCUT2D eigenvalue weighted by molar-refractivity contribution is -0.127. The molecule has 1 amide bonds. The van der Waals surface area contributed by atoms with Gasteiger partial charge in [0.25, 0.3) is 0 Å². The number of hydrogen-bond donors (Lipinski definition) is 1. The van der Waals surface area contributed by atoms with Crippen LogP contribution in [0, 0.1) is 23.2 Å². The summed E-state index contributed by atoms with van der Waals surface area (Å²) in [5.41, 5.74) is 0. The van der Waals surface area contributed by atoms with Crippen molar-refractivity contribution < 1.29 is 13.2 Å². The Hall–Kier alpha value is -1.52. The molecule has 0 saturated heterocycles. The van der Waals surface area contributed by atoms with Crippen molar-refractivity contribution in [3.8, 4) is 6.07 Å². The first-order valence-corrected chi connectivity index (χ1v) is 11.2. The highest BCUT2D eigenvalue weighted by molar-refractivity contribution is 7.98. The van der Waals surface area contributed by atoms with Crippen molar-refractivity contribution in [2.24, 2.45) is 11.8 Å². The summed E-state index contributed by atoms with van der Waals surface area (Å²) < 4.78 is 26.0. The van der Waals surface area contributed by atoms with E-state index in [2.05, 4.69) is 5.32 Å². The maximum atomic E-state index is 13.0. The number of hydrogen-bond acceptors (Lipinski definition) is 5. The van der Waals surface area contributed by atoms with Crippen molar-refractivity contribution >= 4 is 27.5 Å². The van der Waals surface area contributed by atoms with Crippen LogP contribution in [0.1, 0.15) is 32.6 Å². The molecule has 1 N–H and O–H groups in total. The largest absolute Gasteiger partial charge is 0.343 e. The van der Waals surface area contributed by atoms with Gasteiger partial charge in [0.2, 0.25) is 5.91 Å².